The number of likely N-dealkylation sites (N-methyl/N-ethyl adjacent to an activating group) is 1. The summed E-state index contributed by atoms with van der Waals surface area (Å²) in [5.41, 5.74) is 7.67. The van der Waals surface area contributed by atoms with Gasteiger partial charge in [0.1, 0.15) is 0 Å². The minimum absolute atomic E-state index is 0.0888. The van der Waals surface area contributed by atoms with E-state index < -0.39 is 0 Å². The van der Waals surface area contributed by atoms with E-state index in [-0.39, 0.29) is 5.54 Å². The van der Waals surface area contributed by atoms with E-state index in [4.69, 9.17) is 5.73 Å². The highest BCUT2D eigenvalue weighted by molar-refractivity contribution is 5.18. The highest BCUT2D eigenvalue weighted by Crippen LogP contribution is 2.27. The summed E-state index contributed by atoms with van der Waals surface area (Å²) in [6, 6.07) is 11.3. The molecule has 108 valence electrons. The molecule has 0 aliphatic rings. The van der Waals surface area contributed by atoms with E-state index >= 15 is 0 Å². The number of nitrogens with zero attached hydrogens (tertiary/aromatic N) is 1. The normalized spacial score (nSPS) is 16.3. The van der Waals surface area contributed by atoms with E-state index in [0.29, 0.717) is 6.04 Å². The average molecular weight is 262 g/mol. The lowest BCUT2D eigenvalue weighted by atomic mass is 9.85. The largest absolute Gasteiger partial charge is 0.329 e. The van der Waals surface area contributed by atoms with Gasteiger partial charge in [0.05, 0.1) is 0 Å². The fourth-order valence-electron chi connectivity index (χ4n) is 3.07. The van der Waals surface area contributed by atoms with Gasteiger partial charge in [-0.2, -0.15) is 0 Å². The molecular formula is C17H30N2. The van der Waals surface area contributed by atoms with Gasteiger partial charge in [-0.15, -0.1) is 0 Å². The van der Waals surface area contributed by atoms with Crippen LogP contribution in [-0.4, -0.2) is 29.6 Å². The van der Waals surface area contributed by atoms with Gasteiger partial charge in [-0.05, 0) is 38.3 Å². The Labute approximate surface area is 119 Å². The van der Waals surface area contributed by atoms with E-state index in [1.807, 2.05) is 0 Å². The fourth-order valence-corrected chi connectivity index (χ4v) is 3.07. The summed E-state index contributed by atoms with van der Waals surface area (Å²) in [5.74, 6) is 0. The first-order valence-electron chi connectivity index (χ1n) is 7.64. The zero-order valence-corrected chi connectivity index (χ0v) is 13.0. The molecule has 0 aliphatic carbocycles. The van der Waals surface area contributed by atoms with E-state index in [9.17, 15) is 0 Å². The predicted octanol–water partition coefficient (Wildman–Crippen LogP) is 3.46. The van der Waals surface area contributed by atoms with Gasteiger partial charge in [0.2, 0.25) is 0 Å². The van der Waals surface area contributed by atoms with Gasteiger partial charge in [-0.1, -0.05) is 51.1 Å². The van der Waals surface area contributed by atoms with Gasteiger partial charge in [-0.25, -0.2) is 0 Å². The van der Waals surface area contributed by atoms with Crippen LogP contribution in [0.3, 0.4) is 0 Å². The summed E-state index contributed by atoms with van der Waals surface area (Å²) in [6.07, 6.45) is 3.31. The molecule has 0 aliphatic heterocycles. The standard InChI is InChI=1S/C17H30N2/c1-5-15(4)19(7-3)17(6-2,14-18)13-16-11-9-8-10-12-16/h8-12,15H,5-7,13-14,18H2,1-4H3. The number of benzene rings is 1. The van der Waals surface area contributed by atoms with Gasteiger partial charge < -0.3 is 5.73 Å². The molecule has 0 amide bonds. The Balaban J connectivity index is 3.01. The molecule has 0 aromatic heterocycles. The van der Waals surface area contributed by atoms with Gasteiger partial charge in [0.25, 0.3) is 0 Å². The smallest absolute Gasteiger partial charge is 0.0372 e. The average Bonchev–Trinajstić information content (AvgIpc) is 2.47. The minimum atomic E-state index is 0.0888. The molecule has 0 saturated carbocycles. The molecule has 2 atom stereocenters. The Morgan fingerprint density at radius 1 is 1.16 bits per heavy atom. The second-order valence-electron chi connectivity index (χ2n) is 5.49. The molecule has 1 rings (SSSR count). The van der Waals surface area contributed by atoms with E-state index in [1.54, 1.807) is 0 Å². The summed E-state index contributed by atoms with van der Waals surface area (Å²) in [6.45, 7) is 10.9. The Hall–Kier alpha value is -0.860. The van der Waals surface area contributed by atoms with Crippen molar-refractivity contribution >= 4 is 0 Å². The van der Waals surface area contributed by atoms with Crippen LogP contribution in [0.15, 0.2) is 30.3 Å². The Morgan fingerprint density at radius 3 is 2.21 bits per heavy atom. The zero-order chi connectivity index (χ0) is 14.3. The van der Waals surface area contributed by atoms with Gasteiger partial charge in [-0.3, -0.25) is 4.90 Å². The van der Waals surface area contributed by atoms with Crippen molar-refractivity contribution in [1.29, 1.82) is 0 Å². The first kappa shape index (κ1) is 16.2. The molecule has 0 spiro atoms. The quantitative estimate of drug-likeness (QED) is 0.777. The molecule has 0 fully saturated rings. The molecule has 1 aromatic rings. The lowest BCUT2D eigenvalue weighted by Gasteiger charge is -2.46. The summed E-state index contributed by atoms with van der Waals surface area (Å²) in [7, 11) is 0. The summed E-state index contributed by atoms with van der Waals surface area (Å²) in [4.78, 5) is 2.60. The number of rotatable bonds is 8. The lowest BCUT2D eigenvalue weighted by Crippen LogP contribution is -2.58. The van der Waals surface area contributed by atoms with Crippen LogP contribution in [-0.2, 0) is 6.42 Å². The van der Waals surface area contributed by atoms with E-state index in [0.717, 1.165) is 25.9 Å². The molecule has 0 saturated heterocycles. The summed E-state index contributed by atoms with van der Waals surface area (Å²) >= 11 is 0. The Bertz CT molecular complexity index is 344. The minimum Gasteiger partial charge on any atom is -0.329 e. The van der Waals surface area contributed by atoms with Gasteiger partial charge in [0.15, 0.2) is 0 Å². The molecule has 0 heterocycles. The second-order valence-corrected chi connectivity index (χ2v) is 5.49. The molecule has 0 bridgehead atoms. The van der Waals surface area contributed by atoms with Crippen molar-refractivity contribution in [3.05, 3.63) is 35.9 Å². The molecule has 2 unspecified atom stereocenters. The molecular weight excluding hydrogens is 232 g/mol. The highest BCUT2D eigenvalue weighted by atomic mass is 15.2. The number of hydrogen-bond donors (Lipinski definition) is 1. The van der Waals surface area contributed by atoms with Crippen LogP contribution >= 0.6 is 0 Å². The molecule has 2 N–H and O–H groups in total. The first-order valence-corrected chi connectivity index (χ1v) is 7.64. The fraction of sp³-hybridized carbons (Fsp3) is 0.647. The van der Waals surface area contributed by atoms with Crippen molar-refractivity contribution in [3.63, 3.8) is 0 Å². The van der Waals surface area contributed by atoms with Crippen LogP contribution in [0.4, 0.5) is 0 Å². The Kier molecular flexibility index (Phi) is 6.53. The molecule has 19 heavy (non-hydrogen) atoms. The third kappa shape index (κ3) is 3.80. The van der Waals surface area contributed by atoms with Crippen molar-refractivity contribution in [3.8, 4) is 0 Å². The number of hydrogen-bond acceptors (Lipinski definition) is 2. The summed E-state index contributed by atoms with van der Waals surface area (Å²) in [5, 5.41) is 0. The molecule has 2 heteroatoms. The lowest BCUT2D eigenvalue weighted by molar-refractivity contribution is 0.0541. The monoisotopic (exact) mass is 262 g/mol. The zero-order valence-electron chi connectivity index (χ0n) is 13.0. The third-order valence-corrected chi connectivity index (χ3v) is 4.49. The molecule has 2 nitrogen and oxygen atoms in total. The highest BCUT2D eigenvalue weighted by Gasteiger charge is 2.35. The van der Waals surface area contributed by atoms with Crippen LogP contribution in [0, 0.1) is 0 Å². The van der Waals surface area contributed by atoms with Crippen molar-refractivity contribution < 1.29 is 0 Å². The molecule has 0 radical (unpaired) electrons. The van der Waals surface area contributed by atoms with E-state index in [1.165, 1.54) is 12.0 Å². The van der Waals surface area contributed by atoms with Gasteiger partial charge >= 0.3 is 0 Å². The first-order chi connectivity index (χ1) is 9.13. The third-order valence-electron chi connectivity index (χ3n) is 4.49. The van der Waals surface area contributed by atoms with Crippen LogP contribution in [0.5, 0.6) is 0 Å². The number of nitrogens with two attached hydrogens (primary N) is 1. The van der Waals surface area contributed by atoms with E-state index in [2.05, 4.69) is 62.9 Å². The summed E-state index contributed by atoms with van der Waals surface area (Å²) < 4.78 is 0. The topological polar surface area (TPSA) is 29.3 Å². The van der Waals surface area contributed by atoms with Crippen LogP contribution < -0.4 is 5.73 Å². The molecule has 1 aromatic carbocycles. The van der Waals surface area contributed by atoms with Crippen LogP contribution in [0.2, 0.25) is 0 Å². The maximum absolute atomic E-state index is 6.19. The SMILES string of the molecule is CCC(C)N(CC)C(CC)(CN)Cc1ccccc1. The van der Waals surface area contributed by atoms with Crippen molar-refractivity contribution in [1.82, 2.24) is 4.90 Å². The van der Waals surface area contributed by atoms with Crippen molar-refractivity contribution in [2.75, 3.05) is 13.1 Å². The van der Waals surface area contributed by atoms with Gasteiger partial charge in [0, 0.05) is 18.1 Å². The van der Waals surface area contributed by atoms with Crippen molar-refractivity contribution in [2.24, 2.45) is 5.73 Å². The second kappa shape index (κ2) is 7.66. The predicted molar refractivity (Wildman–Crippen MR) is 84.4 cm³/mol. The Morgan fingerprint density at radius 2 is 1.79 bits per heavy atom. The van der Waals surface area contributed by atoms with Crippen LogP contribution in [0.25, 0.3) is 0 Å². The maximum atomic E-state index is 6.19. The maximum Gasteiger partial charge on any atom is 0.0372 e. The van der Waals surface area contributed by atoms with Crippen molar-refractivity contribution in [2.45, 2.75) is 58.5 Å². The van der Waals surface area contributed by atoms with Crippen LogP contribution in [0.1, 0.15) is 46.1 Å².